The van der Waals surface area contributed by atoms with Gasteiger partial charge in [-0.1, -0.05) is 12.1 Å². The molecule has 0 atom stereocenters. The first-order valence-electron chi connectivity index (χ1n) is 5.90. The van der Waals surface area contributed by atoms with E-state index >= 15 is 0 Å². The van der Waals surface area contributed by atoms with Crippen LogP contribution in [0.5, 0.6) is 5.75 Å². The van der Waals surface area contributed by atoms with Gasteiger partial charge in [0.1, 0.15) is 5.75 Å². The summed E-state index contributed by atoms with van der Waals surface area (Å²) in [7, 11) is 0. The van der Waals surface area contributed by atoms with Gasteiger partial charge in [0, 0.05) is 0 Å². The summed E-state index contributed by atoms with van der Waals surface area (Å²) in [5, 5.41) is 9.45. The molecule has 4 heteroatoms. The van der Waals surface area contributed by atoms with Crippen LogP contribution in [0.15, 0.2) is 24.3 Å². The number of ether oxygens (including phenoxy) is 1. The maximum atomic E-state index is 10.6. The van der Waals surface area contributed by atoms with Gasteiger partial charge in [-0.3, -0.25) is 0 Å². The first-order chi connectivity index (χ1) is 8.15. The third kappa shape index (κ3) is 3.20. The standard InChI is InChI=1S/C13H17NO3/c14-13(16)17-12-7-3-10(4-8-12)9-1-5-11(15)6-2-9/h3-4,7-9,11,15H,1-2,5-6H2,(H2,14,16). The molecule has 1 aromatic rings. The van der Waals surface area contributed by atoms with Crippen molar-refractivity contribution in [2.75, 3.05) is 0 Å². The molecule has 0 bridgehead atoms. The van der Waals surface area contributed by atoms with Crippen molar-refractivity contribution in [3.63, 3.8) is 0 Å². The van der Waals surface area contributed by atoms with Crippen molar-refractivity contribution in [2.45, 2.75) is 37.7 Å². The van der Waals surface area contributed by atoms with Crippen molar-refractivity contribution in [1.82, 2.24) is 0 Å². The summed E-state index contributed by atoms with van der Waals surface area (Å²) in [5.74, 6) is 0.970. The minimum atomic E-state index is -0.793. The van der Waals surface area contributed by atoms with Crippen LogP contribution in [0.1, 0.15) is 37.2 Å². The number of aliphatic hydroxyl groups is 1. The van der Waals surface area contributed by atoms with Crippen molar-refractivity contribution in [3.05, 3.63) is 29.8 Å². The number of benzene rings is 1. The SMILES string of the molecule is NC(=O)Oc1ccc(C2CCC(O)CC2)cc1. The van der Waals surface area contributed by atoms with Gasteiger partial charge < -0.3 is 15.6 Å². The van der Waals surface area contributed by atoms with Gasteiger partial charge in [0.25, 0.3) is 0 Å². The number of carbonyl (C=O) groups excluding carboxylic acids is 1. The molecule has 0 heterocycles. The predicted molar refractivity (Wildman–Crippen MR) is 63.9 cm³/mol. The number of nitrogens with two attached hydrogens (primary N) is 1. The molecule has 4 nitrogen and oxygen atoms in total. The molecule has 1 aliphatic carbocycles. The van der Waals surface area contributed by atoms with Crippen LogP contribution in [0.3, 0.4) is 0 Å². The van der Waals surface area contributed by atoms with Crippen molar-refractivity contribution in [3.8, 4) is 5.75 Å². The second-order valence-electron chi connectivity index (χ2n) is 4.50. The summed E-state index contributed by atoms with van der Waals surface area (Å²) in [5.41, 5.74) is 6.16. The minimum absolute atomic E-state index is 0.135. The Morgan fingerprint density at radius 1 is 1.18 bits per heavy atom. The Balaban J connectivity index is 2.00. The highest BCUT2D eigenvalue weighted by Crippen LogP contribution is 2.33. The molecule has 3 N–H and O–H groups in total. The highest BCUT2D eigenvalue weighted by atomic mass is 16.5. The van der Waals surface area contributed by atoms with Gasteiger partial charge >= 0.3 is 6.09 Å². The molecular weight excluding hydrogens is 218 g/mol. The van der Waals surface area contributed by atoms with Crippen LogP contribution in [-0.2, 0) is 0 Å². The van der Waals surface area contributed by atoms with Gasteiger partial charge in [-0.15, -0.1) is 0 Å². The Morgan fingerprint density at radius 3 is 2.29 bits per heavy atom. The fraction of sp³-hybridized carbons (Fsp3) is 0.462. The number of carbonyl (C=O) groups is 1. The fourth-order valence-electron chi connectivity index (χ4n) is 2.33. The molecule has 1 saturated carbocycles. The second kappa shape index (κ2) is 5.19. The molecule has 0 unspecified atom stereocenters. The lowest BCUT2D eigenvalue weighted by Gasteiger charge is -2.25. The summed E-state index contributed by atoms with van der Waals surface area (Å²) in [6.45, 7) is 0. The van der Waals surface area contributed by atoms with E-state index in [2.05, 4.69) is 0 Å². The number of hydrogen-bond donors (Lipinski definition) is 2. The molecule has 17 heavy (non-hydrogen) atoms. The Morgan fingerprint density at radius 2 is 1.76 bits per heavy atom. The van der Waals surface area contributed by atoms with Crippen molar-refractivity contribution in [2.24, 2.45) is 5.73 Å². The van der Waals surface area contributed by atoms with Gasteiger partial charge in [-0.2, -0.15) is 0 Å². The van der Waals surface area contributed by atoms with E-state index in [0.717, 1.165) is 25.7 Å². The summed E-state index contributed by atoms with van der Waals surface area (Å²) >= 11 is 0. The van der Waals surface area contributed by atoms with Gasteiger partial charge in [0.15, 0.2) is 0 Å². The van der Waals surface area contributed by atoms with Crippen LogP contribution >= 0.6 is 0 Å². The van der Waals surface area contributed by atoms with Crippen molar-refractivity contribution >= 4 is 6.09 Å². The quantitative estimate of drug-likeness (QED) is 0.825. The monoisotopic (exact) mass is 235 g/mol. The topological polar surface area (TPSA) is 72.6 Å². The van der Waals surface area contributed by atoms with Gasteiger partial charge in [0.2, 0.25) is 0 Å². The highest BCUT2D eigenvalue weighted by Gasteiger charge is 2.20. The number of primary amides is 1. The minimum Gasteiger partial charge on any atom is -0.411 e. The summed E-state index contributed by atoms with van der Waals surface area (Å²) in [6, 6.07) is 7.43. The van der Waals surface area contributed by atoms with E-state index in [-0.39, 0.29) is 6.10 Å². The Labute approximate surface area is 100 Å². The first kappa shape index (κ1) is 11.9. The number of aliphatic hydroxyl groups excluding tert-OH is 1. The lowest BCUT2D eigenvalue weighted by Crippen LogP contribution is -2.17. The molecule has 92 valence electrons. The molecule has 0 saturated heterocycles. The number of amides is 1. The van der Waals surface area contributed by atoms with Crippen LogP contribution in [0.2, 0.25) is 0 Å². The van der Waals surface area contributed by atoms with Crippen molar-refractivity contribution in [1.29, 1.82) is 0 Å². The first-order valence-corrected chi connectivity index (χ1v) is 5.90. The third-order valence-corrected chi connectivity index (χ3v) is 3.27. The molecule has 0 spiro atoms. The normalized spacial score (nSPS) is 24.3. The van der Waals surface area contributed by atoms with Crippen LogP contribution in [-0.4, -0.2) is 17.3 Å². The zero-order chi connectivity index (χ0) is 12.3. The summed E-state index contributed by atoms with van der Waals surface area (Å²) in [4.78, 5) is 10.6. The van der Waals surface area contributed by atoms with E-state index in [1.807, 2.05) is 12.1 Å². The van der Waals surface area contributed by atoms with Crippen LogP contribution in [0, 0.1) is 0 Å². The van der Waals surface area contributed by atoms with Gasteiger partial charge in [-0.05, 0) is 49.3 Å². The molecule has 1 fully saturated rings. The van der Waals surface area contributed by atoms with Crippen molar-refractivity contribution < 1.29 is 14.6 Å². The van der Waals surface area contributed by atoms with E-state index in [0.29, 0.717) is 11.7 Å². The molecule has 1 amide bonds. The second-order valence-corrected chi connectivity index (χ2v) is 4.50. The lowest BCUT2D eigenvalue weighted by atomic mass is 9.83. The molecular formula is C13H17NO3. The average Bonchev–Trinajstić information content (AvgIpc) is 2.30. The fourth-order valence-corrected chi connectivity index (χ4v) is 2.33. The zero-order valence-electron chi connectivity index (χ0n) is 9.63. The maximum Gasteiger partial charge on any atom is 0.409 e. The molecule has 2 rings (SSSR count). The van der Waals surface area contributed by atoms with Gasteiger partial charge in [0.05, 0.1) is 6.10 Å². The van der Waals surface area contributed by atoms with E-state index < -0.39 is 6.09 Å². The largest absolute Gasteiger partial charge is 0.411 e. The lowest BCUT2D eigenvalue weighted by molar-refractivity contribution is 0.122. The van der Waals surface area contributed by atoms with Crippen LogP contribution < -0.4 is 10.5 Å². The average molecular weight is 235 g/mol. The molecule has 0 aliphatic heterocycles. The van der Waals surface area contributed by atoms with E-state index in [4.69, 9.17) is 10.5 Å². The Hall–Kier alpha value is -1.55. The highest BCUT2D eigenvalue weighted by molar-refractivity contribution is 5.68. The van der Waals surface area contributed by atoms with E-state index in [1.165, 1.54) is 5.56 Å². The van der Waals surface area contributed by atoms with Gasteiger partial charge in [-0.25, -0.2) is 4.79 Å². The maximum absolute atomic E-state index is 10.6. The predicted octanol–water partition coefficient (Wildman–Crippen LogP) is 2.16. The molecule has 0 aromatic heterocycles. The van der Waals surface area contributed by atoms with Crippen LogP contribution in [0.25, 0.3) is 0 Å². The molecule has 1 aromatic carbocycles. The summed E-state index contributed by atoms with van der Waals surface area (Å²) in [6.07, 6.45) is 2.82. The van der Waals surface area contributed by atoms with Crippen LogP contribution in [0.4, 0.5) is 4.79 Å². The smallest absolute Gasteiger partial charge is 0.409 e. The molecule has 1 aliphatic rings. The molecule has 0 radical (unpaired) electrons. The number of rotatable bonds is 2. The Kier molecular flexibility index (Phi) is 3.64. The van der Waals surface area contributed by atoms with E-state index in [1.54, 1.807) is 12.1 Å². The third-order valence-electron chi connectivity index (χ3n) is 3.27. The Bertz CT molecular complexity index is 380. The summed E-state index contributed by atoms with van der Waals surface area (Å²) < 4.78 is 4.77. The van der Waals surface area contributed by atoms with E-state index in [9.17, 15) is 9.90 Å². The number of hydrogen-bond acceptors (Lipinski definition) is 3. The zero-order valence-corrected chi connectivity index (χ0v) is 9.63.